The third-order valence-electron chi connectivity index (χ3n) is 7.89. The normalized spacial score (nSPS) is 16.9. The molecule has 2 aromatic heterocycles. The number of piperidine rings is 1. The summed E-state index contributed by atoms with van der Waals surface area (Å²) in [5, 5.41) is 18.0. The summed E-state index contributed by atoms with van der Waals surface area (Å²) in [6.45, 7) is 1.86. The topological polar surface area (TPSA) is 118 Å². The Bertz CT molecular complexity index is 1520. The number of hydrogen-bond donors (Lipinski definition) is 2. The molecule has 11 nitrogen and oxygen atoms in total. The van der Waals surface area contributed by atoms with Crippen LogP contribution in [0.1, 0.15) is 18.9 Å². The van der Waals surface area contributed by atoms with Gasteiger partial charge >= 0.3 is 0 Å². The lowest BCUT2D eigenvalue weighted by molar-refractivity contribution is -0.157. The first kappa shape index (κ1) is 26.0. The molecule has 2 aliphatic rings. The number of hydrogen-bond acceptors (Lipinski definition) is 9. The third-order valence-corrected chi connectivity index (χ3v) is 7.89. The highest BCUT2D eigenvalue weighted by molar-refractivity contribution is 5.87. The van der Waals surface area contributed by atoms with Crippen molar-refractivity contribution in [1.29, 1.82) is 0 Å². The summed E-state index contributed by atoms with van der Waals surface area (Å²) in [5.74, 6) is 1.26. The van der Waals surface area contributed by atoms with E-state index >= 15 is 0 Å². The van der Waals surface area contributed by atoms with Gasteiger partial charge in [0.25, 0.3) is 5.91 Å². The molecule has 4 aromatic rings. The molecule has 2 fully saturated rings. The van der Waals surface area contributed by atoms with Gasteiger partial charge in [-0.3, -0.25) is 14.5 Å². The van der Waals surface area contributed by atoms with Gasteiger partial charge in [-0.25, -0.2) is 4.98 Å². The van der Waals surface area contributed by atoms with Crippen molar-refractivity contribution in [3.05, 3.63) is 55.0 Å². The first-order chi connectivity index (χ1) is 19.4. The average Bonchev–Trinajstić information content (AvgIpc) is 3.49. The van der Waals surface area contributed by atoms with Crippen LogP contribution in [-0.4, -0.2) is 88.7 Å². The number of benzene rings is 2. The lowest BCUT2D eigenvalue weighted by Gasteiger charge is -2.42. The molecule has 11 heteroatoms. The lowest BCUT2D eigenvalue weighted by atomic mass is 9.93. The molecule has 1 amide bonds. The number of anilines is 2. The van der Waals surface area contributed by atoms with Crippen molar-refractivity contribution < 1.29 is 19.4 Å². The Morgan fingerprint density at radius 2 is 1.75 bits per heavy atom. The van der Waals surface area contributed by atoms with E-state index in [0.29, 0.717) is 37.7 Å². The van der Waals surface area contributed by atoms with Crippen molar-refractivity contribution in [3.63, 3.8) is 0 Å². The molecule has 208 valence electrons. The predicted molar refractivity (Wildman–Crippen MR) is 151 cm³/mol. The van der Waals surface area contributed by atoms with Crippen molar-refractivity contribution in [1.82, 2.24) is 30.0 Å². The second-order valence-corrected chi connectivity index (χ2v) is 10.4. The van der Waals surface area contributed by atoms with Crippen LogP contribution in [0.5, 0.6) is 11.5 Å². The van der Waals surface area contributed by atoms with Crippen molar-refractivity contribution in [3.8, 4) is 22.8 Å². The largest absolute Gasteiger partial charge is 0.497 e. The highest BCUT2D eigenvalue weighted by Gasteiger charge is 2.45. The Balaban J connectivity index is 1.19. The van der Waals surface area contributed by atoms with Gasteiger partial charge in [-0.05, 0) is 31.0 Å². The van der Waals surface area contributed by atoms with E-state index in [9.17, 15) is 9.90 Å². The Labute approximate surface area is 232 Å². The van der Waals surface area contributed by atoms with Gasteiger partial charge in [-0.1, -0.05) is 0 Å². The minimum absolute atomic E-state index is 0.173. The van der Waals surface area contributed by atoms with Gasteiger partial charge in [0, 0.05) is 74.6 Å². The number of aliphatic hydroxyl groups is 1. The SMILES string of the molecule is COc1cc(OC)cc(N(C)c2ccc3ncc(-c4cnn(C5CCN(C(=O)C6(O)CNC6)CC5)c4)nc3c2)c1. The van der Waals surface area contributed by atoms with Crippen LogP contribution < -0.4 is 19.7 Å². The molecule has 2 aliphatic heterocycles. The number of nitrogens with zero attached hydrogens (tertiary/aromatic N) is 6. The molecule has 0 bridgehead atoms. The zero-order valence-electron chi connectivity index (χ0n) is 22.9. The number of likely N-dealkylation sites (tertiary alicyclic amines) is 1. The number of nitrogens with one attached hydrogen (secondary N) is 1. The molecule has 2 aromatic carbocycles. The van der Waals surface area contributed by atoms with Crippen LogP contribution in [0.15, 0.2) is 55.0 Å². The number of methoxy groups -OCH3 is 2. The fourth-order valence-corrected chi connectivity index (χ4v) is 5.29. The van der Waals surface area contributed by atoms with Crippen LogP contribution in [0.4, 0.5) is 11.4 Å². The molecule has 4 heterocycles. The van der Waals surface area contributed by atoms with E-state index in [-0.39, 0.29) is 11.9 Å². The summed E-state index contributed by atoms with van der Waals surface area (Å²) >= 11 is 0. The van der Waals surface area contributed by atoms with Crippen molar-refractivity contribution in [2.24, 2.45) is 0 Å². The maximum absolute atomic E-state index is 12.6. The van der Waals surface area contributed by atoms with E-state index in [1.807, 2.05) is 65.4 Å². The second kappa shape index (κ2) is 10.4. The molecule has 0 aliphatic carbocycles. The highest BCUT2D eigenvalue weighted by Crippen LogP contribution is 2.33. The number of amides is 1. The van der Waals surface area contributed by atoms with E-state index in [1.165, 1.54) is 0 Å². The van der Waals surface area contributed by atoms with Crippen molar-refractivity contribution in [2.45, 2.75) is 24.5 Å². The van der Waals surface area contributed by atoms with Gasteiger partial charge in [-0.2, -0.15) is 5.10 Å². The van der Waals surface area contributed by atoms with Gasteiger partial charge in [0.05, 0.1) is 49.4 Å². The lowest BCUT2D eigenvalue weighted by Crippen LogP contribution is -2.68. The summed E-state index contributed by atoms with van der Waals surface area (Å²) in [6, 6.07) is 11.9. The summed E-state index contributed by atoms with van der Waals surface area (Å²) in [7, 11) is 5.26. The Hall–Kier alpha value is -4.22. The smallest absolute Gasteiger partial charge is 0.257 e. The number of fused-ring (bicyclic) bond motifs is 1. The number of carbonyl (C=O) groups is 1. The molecule has 2 saturated heterocycles. The van der Waals surface area contributed by atoms with Crippen LogP contribution in [0.3, 0.4) is 0 Å². The third kappa shape index (κ3) is 4.82. The van der Waals surface area contributed by atoms with Crippen LogP contribution >= 0.6 is 0 Å². The number of ether oxygens (including phenoxy) is 2. The minimum Gasteiger partial charge on any atom is -0.497 e. The fourth-order valence-electron chi connectivity index (χ4n) is 5.29. The second-order valence-electron chi connectivity index (χ2n) is 10.4. The van der Waals surface area contributed by atoms with E-state index in [4.69, 9.17) is 14.5 Å². The molecule has 2 N–H and O–H groups in total. The van der Waals surface area contributed by atoms with Crippen LogP contribution in [0.25, 0.3) is 22.3 Å². The van der Waals surface area contributed by atoms with Crippen LogP contribution in [-0.2, 0) is 4.79 Å². The predicted octanol–water partition coefficient (Wildman–Crippen LogP) is 2.78. The average molecular weight is 544 g/mol. The Morgan fingerprint density at radius 3 is 2.40 bits per heavy atom. The maximum atomic E-state index is 12.6. The molecule has 6 rings (SSSR count). The molecule has 0 unspecified atom stereocenters. The molecule has 0 spiro atoms. The van der Waals surface area contributed by atoms with Gasteiger partial charge in [0.1, 0.15) is 11.5 Å². The molecular formula is C29H33N7O4. The maximum Gasteiger partial charge on any atom is 0.257 e. The Morgan fingerprint density at radius 1 is 1.02 bits per heavy atom. The standard InChI is InChI=1S/C29H33N7O4/c1-34(22-10-23(39-2)13-24(11-22)40-3)21-4-5-25-26(12-21)33-27(15-31-25)19-14-32-36(16-19)20-6-8-35(9-7-20)28(37)29(38)17-30-18-29/h4-5,10-16,20,30,38H,6-9,17-18H2,1-3H3. The molecular weight excluding hydrogens is 510 g/mol. The molecule has 0 radical (unpaired) electrons. The number of β-amino-alcohol motifs (C(OH)–C–C–N with tert-alkyl or cyclic N) is 1. The van der Waals surface area contributed by atoms with Gasteiger partial charge in [0.2, 0.25) is 0 Å². The quantitative estimate of drug-likeness (QED) is 0.363. The zero-order chi connectivity index (χ0) is 27.9. The Kier molecular flexibility index (Phi) is 6.77. The molecule has 0 saturated carbocycles. The van der Waals surface area contributed by atoms with E-state index in [1.54, 1.807) is 25.3 Å². The molecule has 0 atom stereocenters. The minimum atomic E-state index is -1.24. The van der Waals surface area contributed by atoms with E-state index in [2.05, 4.69) is 15.4 Å². The van der Waals surface area contributed by atoms with Gasteiger partial charge < -0.3 is 29.7 Å². The van der Waals surface area contributed by atoms with Crippen LogP contribution in [0, 0.1) is 0 Å². The first-order valence-corrected chi connectivity index (χ1v) is 13.4. The van der Waals surface area contributed by atoms with Crippen molar-refractivity contribution >= 4 is 28.3 Å². The number of carbonyl (C=O) groups excluding carboxylic acids is 1. The van der Waals surface area contributed by atoms with Gasteiger partial charge in [0.15, 0.2) is 5.60 Å². The number of aromatic nitrogens is 4. The highest BCUT2D eigenvalue weighted by atomic mass is 16.5. The fraction of sp³-hybridized carbons (Fsp3) is 0.379. The molecule has 40 heavy (non-hydrogen) atoms. The monoisotopic (exact) mass is 543 g/mol. The first-order valence-electron chi connectivity index (χ1n) is 13.4. The summed E-state index contributed by atoms with van der Waals surface area (Å²) < 4.78 is 12.8. The van der Waals surface area contributed by atoms with Crippen molar-refractivity contribution in [2.75, 3.05) is 52.3 Å². The number of rotatable bonds is 7. The zero-order valence-corrected chi connectivity index (χ0v) is 22.9. The van der Waals surface area contributed by atoms with E-state index in [0.717, 1.165) is 46.5 Å². The van der Waals surface area contributed by atoms with Crippen LogP contribution in [0.2, 0.25) is 0 Å². The summed E-state index contributed by atoms with van der Waals surface area (Å²) in [5.41, 5.74) is 3.85. The van der Waals surface area contributed by atoms with E-state index < -0.39 is 5.60 Å². The summed E-state index contributed by atoms with van der Waals surface area (Å²) in [6.07, 6.45) is 7.15. The van der Waals surface area contributed by atoms with Gasteiger partial charge in [-0.15, -0.1) is 0 Å². The summed E-state index contributed by atoms with van der Waals surface area (Å²) in [4.78, 5) is 26.0.